The van der Waals surface area contributed by atoms with Gasteiger partial charge in [-0.1, -0.05) is 12.1 Å². The van der Waals surface area contributed by atoms with Crippen molar-refractivity contribution in [1.29, 1.82) is 0 Å². The number of nitrogens with zero attached hydrogens (tertiary/aromatic N) is 5. The fourth-order valence-electron chi connectivity index (χ4n) is 4.43. The van der Waals surface area contributed by atoms with Gasteiger partial charge in [-0.05, 0) is 24.3 Å². The number of morpholine rings is 1. The first-order valence-corrected chi connectivity index (χ1v) is 12.9. The standard InChI is InChI=1S/C25H27N5O3S/c1-3-18(17-19(4-1)32-14-7-29-10-15-34-16-11-29)23-27-21-20-5-2-6-26-25(20)33-22(21)24(28-23)30-8-12-31-13-9-30/h1-6,17H,7-16H2. The number of rotatable bonds is 6. The zero-order valence-electron chi connectivity index (χ0n) is 19.0. The molecule has 6 rings (SSSR count). The predicted molar refractivity (Wildman–Crippen MR) is 135 cm³/mol. The Bertz CT molecular complexity index is 1280. The topological polar surface area (TPSA) is 76.8 Å². The third-order valence-corrected chi connectivity index (χ3v) is 7.20. The van der Waals surface area contributed by atoms with Crippen molar-refractivity contribution in [2.45, 2.75) is 0 Å². The minimum Gasteiger partial charge on any atom is -0.492 e. The van der Waals surface area contributed by atoms with E-state index < -0.39 is 0 Å². The van der Waals surface area contributed by atoms with E-state index in [9.17, 15) is 0 Å². The summed E-state index contributed by atoms with van der Waals surface area (Å²) in [5.74, 6) is 4.69. The third-order valence-electron chi connectivity index (χ3n) is 6.26. The van der Waals surface area contributed by atoms with Gasteiger partial charge in [0.25, 0.3) is 0 Å². The van der Waals surface area contributed by atoms with Crippen LogP contribution in [0.25, 0.3) is 33.6 Å². The second-order valence-electron chi connectivity index (χ2n) is 8.44. The van der Waals surface area contributed by atoms with Crippen LogP contribution in [0.4, 0.5) is 5.82 Å². The average molecular weight is 478 g/mol. The van der Waals surface area contributed by atoms with Crippen LogP contribution in [0.5, 0.6) is 5.75 Å². The normalized spacial score (nSPS) is 17.5. The maximum Gasteiger partial charge on any atom is 0.229 e. The molecule has 176 valence electrons. The Balaban J connectivity index is 1.32. The van der Waals surface area contributed by atoms with Gasteiger partial charge >= 0.3 is 0 Å². The summed E-state index contributed by atoms with van der Waals surface area (Å²) in [5.41, 5.74) is 2.95. The van der Waals surface area contributed by atoms with E-state index >= 15 is 0 Å². The number of anilines is 1. The number of fused-ring (bicyclic) bond motifs is 3. The number of pyridine rings is 1. The van der Waals surface area contributed by atoms with Gasteiger partial charge in [-0.15, -0.1) is 0 Å². The summed E-state index contributed by atoms with van der Waals surface area (Å²) in [6.07, 6.45) is 1.73. The lowest BCUT2D eigenvalue weighted by atomic mass is 10.2. The van der Waals surface area contributed by atoms with Crippen molar-refractivity contribution < 1.29 is 13.9 Å². The van der Waals surface area contributed by atoms with Crippen LogP contribution < -0.4 is 9.64 Å². The number of thioether (sulfide) groups is 1. The Hall–Kier alpha value is -2.88. The molecule has 0 N–H and O–H groups in total. The highest BCUT2D eigenvalue weighted by molar-refractivity contribution is 7.99. The molecule has 2 aliphatic rings. The number of benzene rings is 1. The van der Waals surface area contributed by atoms with Crippen LogP contribution in [-0.2, 0) is 4.74 Å². The Kier molecular flexibility index (Phi) is 6.22. The van der Waals surface area contributed by atoms with Crippen LogP contribution >= 0.6 is 11.8 Å². The summed E-state index contributed by atoms with van der Waals surface area (Å²) < 4.78 is 17.8. The molecule has 5 heterocycles. The fraction of sp³-hybridized carbons (Fsp3) is 0.400. The number of ether oxygens (including phenoxy) is 2. The zero-order valence-corrected chi connectivity index (χ0v) is 19.8. The summed E-state index contributed by atoms with van der Waals surface area (Å²) in [4.78, 5) is 18.9. The molecule has 2 aliphatic heterocycles. The van der Waals surface area contributed by atoms with Crippen molar-refractivity contribution in [3.05, 3.63) is 42.6 Å². The SMILES string of the molecule is c1cc(OCCN2CCSCC2)cc(-c2nc(N3CCOCC3)c3oc4ncccc4c3n2)c1. The lowest BCUT2D eigenvalue weighted by molar-refractivity contribution is 0.122. The molecule has 2 fully saturated rings. The van der Waals surface area contributed by atoms with Gasteiger partial charge in [0.2, 0.25) is 5.71 Å². The predicted octanol–water partition coefficient (Wildman–Crippen LogP) is 3.70. The zero-order chi connectivity index (χ0) is 22.7. The van der Waals surface area contributed by atoms with E-state index in [1.54, 1.807) is 6.20 Å². The minimum absolute atomic E-state index is 0.576. The number of aromatic nitrogens is 3. The number of furan rings is 1. The van der Waals surface area contributed by atoms with Crippen molar-refractivity contribution in [3.8, 4) is 17.1 Å². The van der Waals surface area contributed by atoms with Crippen LogP contribution in [0, 0.1) is 0 Å². The van der Waals surface area contributed by atoms with E-state index in [1.165, 1.54) is 11.5 Å². The Morgan fingerprint density at radius 3 is 2.76 bits per heavy atom. The van der Waals surface area contributed by atoms with Gasteiger partial charge < -0.3 is 18.8 Å². The molecule has 0 bridgehead atoms. The molecule has 8 nitrogen and oxygen atoms in total. The molecular formula is C25H27N5O3S. The van der Waals surface area contributed by atoms with E-state index in [0.29, 0.717) is 36.9 Å². The molecule has 0 unspecified atom stereocenters. The number of hydrogen-bond donors (Lipinski definition) is 0. The summed E-state index contributed by atoms with van der Waals surface area (Å²) in [7, 11) is 0. The van der Waals surface area contributed by atoms with E-state index in [1.807, 2.05) is 48.2 Å². The van der Waals surface area contributed by atoms with E-state index in [-0.39, 0.29) is 0 Å². The molecule has 0 aliphatic carbocycles. The van der Waals surface area contributed by atoms with E-state index in [0.717, 1.165) is 60.8 Å². The maximum atomic E-state index is 6.11. The second-order valence-corrected chi connectivity index (χ2v) is 9.66. The van der Waals surface area contributed by atoms with Gasteiger partial charge in [0.1, 0.15) is 17.9 Å². The van der Waals surface area contributed by atoms with Crippen LogP contribution in [0.3, 0.4) is 0 Å². The molecule has 34 heavy (non-hydrogen) atoms. The molecule has 0 saturated carbocycles. The second kappa shape index (κ2) is 9.77. The highest BCUT2D eigenvalue weighted by Gasteiger charge is 2.23. The highest BCUT2D eigenvalue weighted by atomic mass is 32.2. The molecule has 0 atom stereocenters. The van der Waals surface area contributed by atoms with Gasteiger partial charge in [-0.3, -0.25) is 4.90 Å². The van der Waals surface area contributed by atoms with Crippen LogP contribution in [-0.4, -0.2) is 83.9 Å². The third kappa shape index (κ3) is 4.43. The quantitative estimate of drug-likeness (QED) is 0.413. The molecule has 0 amide bonds. The molecule has 0 radical (unpaired) electrons. The van der Waals surface area contributed by atoms with Gasteiger partial charge in [-0.25, -0.2) is 15.0 Å². The first kappa shape index (κ1) is 21.6. The Morgan fingerprint density at radius 1 is 1.00 bits per heavy atom. The van der Waals surface area contributed by atoms with Crippen LogP contribution in [0.2, 0.25) is 0 Å². The molecular weight excluding hydrogens is 450 g/mol. The van der Waals surface area contributed by atoms with E-state index in [4.69, 9.17) is 23.9 Å². The molecule has 9 heteroatoms. The van der Waals surface area contributed by atoms with Crippen molar-refractivity contribution in [2.24, 2.45) is 0 Å². The molecule has 3 aromatic heterocycles. The van der Waals surface area contributed by atoms with Gasteiger partial charge in [0.15, 0.2) is 17.2 Å². The molecule has 4 aromatic rings. The van der Waals surface area contributed by atoms with E-state index in [2.05, 4.69) is 14.8 Å². The highest BCUT2D eigenvalue weighted by Crippen LogP contribution is 2.34. The average Bonchev–Trinajstić information content (AvgIpc) is 3.28. The molecule has 2 saturated heterocycles. The van der Waals surface area contributed by atoms with Gasteiger partial charge in [0, 0.05) is 56.0 Å². The minimum atomic E-state index is 0.576. The number of hydrogen-bond acceptors (Lipinski definition) is 9. The van der Waals surface area contributed by atoms with Gasteiger partial charge in [0.05, 0.1) is 18.6 Å². The first-order chi connectivity index (χ1) is 16.8. The largest absolute Gasteiger partial charge is 0.492 e. The van der Waals surface area contributed by atoms with Crippen molar-refractivity contribution in [2.75, 3.05) is 69.0 Å². The Morgan fingerprint density at radius 2 is 1.88 bits per heavy atom. The van der Waals surface area contributed by atoms with Crippen molar-refractivity contribution in [1.82, 2.24) is 19.9 Å². The van der Waals surface area contributed by atoms with Gasteiger partial charge in [-0.2, -0.15) is 11.8 Å². The molecule has 1 aromatic carbocycles. The lowest BCUT2D eigenvalue weighted by Crippen LogP contribution is -2.37. The molecule has 0 spiro atoms. The van der Waals surface area contributed by atoms with Crippen molar-refractivity contribution >= 4 is 39.8 Å². The first-order valence-electron chi connectivity index (χ1n) is 11.8. The summed E-state index contributed by atoms with van der Waals surface area (Å²) in [6.45, 7) is 6.74. The smallest absolute Gasteiger partial charge is 0.229 e. The van der Waals surface area contributed by atoms with Crippen LogP contribution in [0.1, 0.15) is 0 Å². The lowest BCUT2D eigenvalue weighted by Gasteiger charge is -2.27. The summed E-state index contributed by atoms with van der Waals surface area (Å²) >= 11 is 2.02. The maximum absolute atomic E-state index is 6.11. The monoisotopic (exact) mass is 477 g/mol. The summed E-state index contributed by atoms with van der Waals surface area (Å²) in [6, 6.07) is 11.9. The Labute approximate surface area is 202 Å². The fourth-order valence-corrected chi connectivity index (χ4v) is 5.40. The summed E-state index contributed by atoms with van der Waals surface area (Å²) in [5, 5.41) is 0.891. The van der Waals surface area contributed by atoms with Crippen molar-refractivity contribution in [3.63, 3.8) is 0 Å². The van der Waals surface area contributed by atoms with Crippen LogP contribution in [0.15, 0.2) is 47.0 Å².